The highest BCUT2D eigenvalue weighted by atomic mass is 32.2. The molecule has 2 aromatic carbocycles. The predicted molar refractivity (Wildman–Crippen MR) is 156 cm³/mol. The first-order chi connectivity index (χ1) is 19.2. The topological polar surface area (TPSA) is 83.1 Å². The van der Waals surface area contributed by atoms with Crippen LogP contribution in [0.2, 0.25) is 0 Å². The van der Waals surface area contributed by atoms with Crippen molar-refractivity contribution in [2.45, 2.75) is 28.7 Å². The van der Waals surface area contributed by atoms with Crippen molar-refractivity contribution >= 4 is 40.7 Å². The van der Waals surface area contributed by atoms with Crippen LogP contribution in [0.3, 0.4) is 0 Å². The summed E-state index contributed by atoms with van der Waals surface area (Å²) < 4.78 is 5.84. The number of H-pyrrole nitrogens is 1. The van der Waals surface area contributed by atoms with E-state index in [0.29, 0.717) is 18.2 Å². The van der Waals surface area contributed by atoms with Gasteiger partial charge in [-0.15, -0.1) is 0 Å². The molecule has 3 heterocycles. The molecule has 0 bridgehead atoms. The highest BCUT2D eigenvalue weighted by Gasteiger charge is 2.24. The molecular weight excluding hydrogens is 506 g/mol. The molecule has 4 aromatic rings. The molecule has 39 heavy (non-hydrogen) atoms. The molecule has 2 N–H and O–H groups in total. The molecule has 1 fully saturated rings. The van der Waals surface area contributed by atoms with E-state index in [1.54, 1.807) is 18.0 Å². The van der Waals surface area contributed by atoms with Crippen molar-refractivity contribution in [1.82, 2.24) is 25.4 Å². The van der Waals surface area contributed by atoms with Crippen molar-refractivity contribution in [1.29, 1.82) is 0 Å². The third kappa shape index (κ3) is 6.41. The number of amides is 1. The minimum absolute atomic E-state index is 0.00335. The fraction of sp³-hybridized carbons (Fsp3) is 0.194. The summed E-state index contributed by atoms with van der Waals surface area (Å²) in [5.41, 5.74) is 3.32. The molecule has 0 unspecified atom stereocenters. The monoisotopic (exact) mass is 535 g/mol. The lowest BCUT2D eigenvalue weighted by molar-refractivity contribution is 0.0948. The molecule has 0 radical (unpaired) electrons. The molecule has 1 saturated carbocycles. The number of allylic oxidation sites excluding steroid dienone is 2. The van der Waals surface area contributed by atoms with Gasteiger partial charge in [0.15, 0.2) is 0 Å². The molecule has 2 aliphatic rings. The van der Waals surface area contributed by atoms with Crippen LogP contribution < -0.4 is 10.1 Å². The molecule has 1 aliphatic carbocycles. The Hall–Kier alpha value is -4.30. The third-order valence-electron chi connectivity index (χ3n) is 6.54. The minimum atomic E-state index is -0.00335. The number of fused-ring (bicyclic) bond motifs is 1. The average molecular weight is 536 g/mol. The first kappa shape index (κ1) is 25.0. The predicted octanol–water partition coefficient (Wildman–Crippen LogP) is 5.94. The van der Waals surface area contributed by atoms with E-state index in [1.807, 2.05) is 54.6 Å². The Labute approximate surface area is 231 Å². The second kappa shape index (κ2) is 11.6. The Kier molecular flexibility index (Phi) is 7.45. The second-order valence-electron chi connectivity index (χ2n) is 9.53. The number of pyridine rings is 1. The summed E-state index contributed by atoms with van der Waals surface area (Å²) in [5.74, 6) is 0.752. The maximum absolute atomic E-state index is 12.7. The van der Waals surface area contributed by atoms with Gasteiger partial charge < -0.3 is 15.0 Å². The lowest BCUT2D eigenvalue weighted by atomic mass is 10.2. The summed E-state index contributed by atoms with van der Waals surface area (Å²) in [6.45, 7) is 2.35. The van der Waals surface area contributed by atoms with E-state index in [4.69, 9.17) is 4.74 Å². The molecule has 6 rings (SSSR count). The Bertz CT molecular complexity index is 1550. The van der Waals surface area contributed by atoms with E-state index >= 15 is 0 Å². The van der Waals surface area contributed by atoms with E-state index in [1.165, 1.54) is 0 Å². The molecule has 8 heteroatoms. The van der Waals surface area contributed by atoms with Crippen LogP contribution in [0.1, 0.15) is 34.6 Å². The maximum Gasteiger partial charge on any atom is 0.252 e. The van der Waals surface area contributed by atoms with Crippen LogP contribution in [-0.2, 0) is 0 Å². The van der Waals surface area contributed by atoms with Gasteiger partial charge in [0.1, 0.15) is 12.4 Å². The number of rotatable bonds is 10. The first-order valence-electron chi connectivity index (χ1n) is 13.1. The fourth-order valence-corrected chi connectivity index (χ4v) is 5.25. The summed E-state index contributed by atoms with van der Waals surface area (Å²) >= 11 is 1.58. The molecule has 2 aromatic heterocycles. The van der Waals surface area contributed by atoms with Gasteiger partial charge in [0.25, 0.3) is 5.91 Å². The number of hydrogen-bond acceptors (Lipinski definition) is 6. The van der Waals surface area contributed by atoms with E-state index in [0.717, 1.165) is 63.8 Å². The van der Waals surface area contributed by atoms with Crippen LogP contribution in [0.4, 0.5) is 0 Å². The van der Waals surface area contributed by atoms with Crippen LogP contribution in [0.5, 0.6) is 5.75 Å². The Balaban J connectivity index is 1.08. The highest BCUT2D eigenvalue weighted by Crippen LogP contribution is 2.33. The van der Waals surface area contributed by atoms with Crippen molar-refractivity contribution in [3.05, 3.63) is 102 Å². The highest BCUT2D eigenvalue weighted by molar-refractivity contribution is 7.99. The van der Waals surface area contributed by atoms with Gasteiger partial charge in [-0.05, 0) is 79.7 Å². The number of aromatic nitrogens is 3. The van der Waals surface area contributed by atoms with E-state index in [2.05, 4.69) is 61.9 Å². The number of ether oxygens (including phenoxy) is 1. The van der Waals surface area contributed by atoms with Gasteiger partial charge in [-0.3, -0.25) is 14.9 Å². The van der Waals surface area contributed by atoms with E-state index in [-0.39, 0.29) is 5.91 Å². The molecule has 1 amide bonds. The van der Waals surface area contributed by atoms with E-state index in [9.17, 15) is 4.79 Å². The van der Waals surface area contributed by atoms with Gasteiger partial charge >= 0.3 is 0 Å². The number of carbonyl (C=O) groups is 1. The van der Waals surface area contributed by atoms with Gasteiger partial charge in [0.05, 0.1) is 35.2 Å². The SMILES string of the molecule is O=C(NC1CC1)c1ccccc1Sc1ccc2c(/C=C/c3ccc(OCCN4C=CC=CC4)cn3)n[nH]c2c1. The lowest BCUT2D eigenvalue weighted by Gasteiger charge is -2.20. The average Bonchev–Trinajstić information content (AvgIpc) is 3.70. The van der Waals surface area contributed by atoms with Crippen molar-refractivity contribution in [2.24, 2.45) is 0 Å². The Morgan fingerprint density at radius 1 is 1.13 bits per heavy atom. The van der Waals surface area contributed by atoms with Crippen LogP contribution in [0.15, 0.2) is 95.0 Å². The number of carbonyl (C=O) groups excluding carboxylic acids is 1. The van der Waals surface area contributed by atoms with Gasteiger partial charge in [-0.2, -0.15) is 5.10 Å². The smallest absolute Gasteiger partial charge is 0.252 e. The van der Waals surface area contributed by atoms with Crippen LogP contribution in [-0.4, -0.2) is 51.7 Å². The van der Waals surface area contributed by atoms with Crippen molar-refractivity contribution in [2.75, 3.05) is 19.7 Å². The van der Waals surface area contributed by atoms with Gasteiger partial charge in [0, 0.05) is 27.8 Å². The largest absolute Gasteiger partial charge is 0.490 e. The van der Waals surface area contributed by atoms with Crippen molar-refractivity contribution in [3.8, 4) is 5.75 Å². The zero-order valence-corrected chi connectivity index (χ0v) is 22.2. The number of nitrogens with zero attached hydrogens (tertiary/aromatic N) is 3. The molecule has 0 atom stereocenters. The minimum Gasteiger partial charge on any atom is -0.490 e. The Morgan fingerprint density at radius 3 is 2.87 bits per heavy atom. The fourth-order valence-electron chi connectivity index (χ4n) is 4.27. The number of nitrogens with one attached hydrogen (secondary N) is 2. The van der Waals surface area contributed by atoms with Gasteiger partial charge in [-0.1, -0.05) is 36.0 Å². The summed E-state index contributed by atoms with van der Waals surface area (Å²) in [6.07, 6.45) is 16.1. The van der Waals surface area contributed by atoms with Gasteiger partial charge in [0.2, 0.25) is 0 Å². The number of hydrogen-bond donors (Lipinski definition) is 2. The summed E-state index contributed by atoms with van der Waals surface area (Å²) in [5, 5.41) is 11.7. The van der Waals surface area contributed by atoms with E-state index < -0.39 is 0 Å². The van der Waals surface area contributed by atoms with Crippen LogP contribution in [0, 0.1) is 0 Å². The van der Waals surface area contributed by atoms with Crippen LogP contribution >= 0.6 is 11.8 Å². The molecular formula is C31H29N5O2S. The third-order valence-corrected chi connectivity index (χ3v) is 7.60. The lowest BCUT2D eigenvalue weighted by Crippen LogP contribution is -2.25. The first-order valence-corrected chi connectivity index (χ1v) is 13.9. The standard InChI is InChI=1S/C31H29N5O2S/c37-31(33-23-8-9-23)27-6-2-3-7-30(27)39-25-13-14-26-28(34-35-29(26)20-25)15-11-22-10-12-24(21-32-22)38-19-18-36-16-4-1-5-17-36/h1-7,10-16,20-21,23H,8-9,17-19H2,(H,33,37)(H,34,35)/b15-11+. The summed E-state index contributed by atoms with van der Waals surface area (Å²) in [7, 11) is 0. The van der Waals surface area contributed by atoms with Crippen LogP contribution in [0.25, 0.3) is 23.1 Å². The van der Waals surface area contributed by atoms with Crippen molar-refractivity contribution in [3.63, 3.8) is 0 Å². The molecule has 1 aliphatic heterocycles. The molecule has 0 saturated heterocycles. The zero-order valence-electron chi connectivity index (χ0n) is 21.4. The number of aromatic amines is 1. The summed E-state index contributed by atoms with van der Waals surface area (Å²) in [6, 6.07) is 18.1. The van der Waals surface area contributed by atoms with Gasteiger partial charge in [-0.25, -0.2) is 0 Å². The normalized spacial score (nSPS) is 14.8. The molecule has 0 spiro atoms. The molecule has 7 nitrogen and oxygen atoms in total. The van der Waals surface area contributed by atoms with Crippen molar-refractivity contribution < 1.29 is 9.53 Å². The quantitative estimate of drug-likeness (QED) is 0.262. The number of benzene rings is 2. The zero-order chi connectivity index (χ0) is 26.4. The summed E-state index contributed by atoms with van der Waals surface area (Å²) in [4.78, 5) is 21.4. The maximum atomic E-state index is 12.7. The second-order valence-corrected chi connectivity index (χ2v) is 10.6. The Morgan fingerprint density at radius 2 is 2.05 bits per heavy atom. The molecule has 196 valence electrons.